The summed E-state index contributed by atoms with van der Waals surface area (Å²) in [6.07, 6.45) is 0.849. The van der Waals surface area contributed by atoms with E-state index < -0.39 is 4.92 Å². The van der Waals surface area contributed by atoms with Crippen LogP contribution in [-0.4, -0.2) is 36.8 Å². The van der Waals surface area contributed by atoms with Gasteiger partial charge in [0.1, 0.15) is 6.07 Å². The van der Waals surface area contributed by atoms with Crippen molar-refractivity contribution in [3.05, 3.63) is 33.9 Å². The SMILES string of the molecule is CC(CC1COCCN1)Nc1ccc([N+](=O)[O-])cc1C#N. The van der Waals surface area contributed by atoms with Gasteiger partial charge in [-0.25, -0.2) is 0 Å². The van der Waals surface area contributed by atoms with E-state index in [1.807, 2.05) is 13.0 Å². The highest BCUT2D eigenvalue weighted by atomic mass is 16.6. The number of non-ortho nitro benzene ring substituents is 1. The van der Waals surface area contributed by atoms with Gasteiger partial charge in [-0.15, -0.1) is 0 Å². The molecule has 1 fully saturated rings. The monoisotopic (exact) mass is 290 g/mol. The van der Waals surface area contributed by atoms with Gasteiger partial charge in [0.05, 0.1) is 29.4 Å². The summed E-state index contributed by atoms with van der Waals surface area (Å²) in [6, 6.07) is 6.67. The third kappa shape index (κ3) is 4.15. The van der Waals surface area contributed by atoms with Crippen LogP contribution in [0.25, 0.3) is 0 Å². The van der Waals surface area contributed by atoms with E-state index >= 15 is 0 Å². The maximum Gasteiger partial charge on any atom is 0.270 e. The highest BCUT2D eigenvalue weighted by molar-refractivity contribution is 5.61. The molecule has 0 amide bonds. The molecule has 7 heteroatoms. The van der Waals surface area contributed by atoms with Crippen LogP contribution >= 0.6 is 0 Å². The van der Waals surface area contributed by atoms with Crippen LogP contribution in [-0.2, 0) is 4.74 Å². The molecular weight excluding hydrogens is 272 g/mol. The Hall–Kier alpha value is -2.17. The fourth-order valence-corrected chi connectivity index (χ4v) is 2.39. The summed E-state index contributed by atoms with van der Waals surface area (Å²) >= 11 is 0. The summed E-state index contributed by atoms with van der Waals surface area (Å²) in [7, 11) is 0. The zero-order valence-corrected chi connectivity index (χ0v) is 11.8. The number of nitrogens with one attached hydrogen (secondary N) is 2. The number of hydrogen-bond acceptors (Lipinski definition) is 6. The van der Waals surface area contributed by atoms with Crippen molar-refractivity contribution in [2.75, 3.05) is 25.1 Å². The molecule has 2 N–H and O–H groups in total. The van der Waals surface area contributed by atoms with Crippen molar-refractivity contribution >= 4 is 11.4 Å². The lowest BCUT2D eigenvalue weighted by molar-refractivity contribution is -0.384. The number of anilines is 1. The minimum Gasteiger partial charge on any atom is -0.381 e. The lowest BCUT2D eigenvalue weighted by Gasteiger charge is -2.27. The first-order valence-electron chi connectivity index (χ1n) is 6.86. The number of hydrogen-bond donors (Lipinski definition) is 2. The second-order valence-electron chi connectivity index (χ2n) is 5.11. The van der Waals surface area contributed by atoms with Crippen LogP contribution in [0.3, 0.4) is 0 Å². The summed E-state index contributed by atoms with van der Waals surface area (Å²) in [4.78, 5) is 10.2. The van der Waals surface area contributed by atoms with Crippen LogP contribution in [0.5, 0.6) is 0 Å². The van der Waals surface area contributed by atoms with Crippen molar-refractivity contribution < 1.29 is 9.66 Å². The van der Waals surface area contributed by atoms with E-state index in [1.165, 1.54) is 12.1 Å². The molecule has 1 aliphatic heterocycles. The minimum absolute atomic E-state index is 0.0768. The highest BCUT2D eigenvalue weighted by Crippen LogP contribution is 2.22. The normalized spacial score (nSPS) is 19.5. The van der Waals surface area contributed by atoms with Gasteiger partial charge in [0.2, 0.25) is 0 Å². The lowest BCUT2D eigenvalue weighted by Crippen LogP contribution is -2.43. The van der Waals surface area contributed by atoms with Crippen molar-refractivity contribution in [2.45, 2.75) is 25.4 Å². The minimum atomic E-state index is -0.503. The molecule has 2 unspecified atom stereocenters. The molecule has 112 valence electrons. The molecule has 2 atom stereocenters. The van der Waals surface area contributed by atoms with Crippen molar-refractivity contribution in [3.63, 3.8) is 0 Å². The van der Waals surface area contributed by atoms with Crippen molar-refractivity contribution in [2.24, 2.45) is 0 Å². The predicted octanol–water partition coefficient (Wildman–Crippen LogP) is 1.65. The first kappa shape index (κ1) is 15.2. The molecule has 0 bridgehead atoms. The number of morpholine rings is 1. The number of rotatable bonds is 5. The van der Waals surface area contributed by atoms with E-state index in [1.54, 1.807) is 6.07 Å². The van der Waals surface area contributed by atoms with E-state index in [-0.39, 0.29) is 23.3 Å². The van der Waals surface area contributed by atoms with Gasteiger partial charge in [0, 0.05) is 30.8 Å². The van der Waals surface area contributed by atoms with Crippen LogP contribution < -0.4 is 10.6 Å². The smallest absolute Gasteiger partial charge is 0.270 e. The Morgan fingerprint density at radius 2 is 2.48 bits per heavy atom. The molecule has 1 saturated heterocycles. The summed E-state index contributed by atoms with van der Waals surface area (Å²) in [5, 5.41) is 26.4. The second-order valence-corrected chi connectivity index (χ2v) is 5.11. The molecule has 0 aliphatic carbocycles. The van der Waals surface area contributed by atoms with E-state index in [9.17, 15) is 10.1 Å². The largest absolute Gasteiger partial charge is 0.381 e. The molecular formula is C14H18N4O3. The van der Waals surface area contributed by atoms with E-state index in [0.29, 0.717) is 12.3 Å². The number of nitro benzene ring substituents is 1. The molecule has 1 aromatic rings. The van der Waals surface area contributed by atoms with Crippen LogP contribution in [0.2, 0.25) is 0 Å². The molecule has 1 aromatic carbocycles. The van der Waals surface area contributed by atoms with Gasteiger partial charge in [0.15, 0.2) is 0 Å². The van der Waals surface area contributed by atoms with Gasteiger partial charge >= 0.3 is 0 Å². The van der Waals surface area contributed by atoms with Crippen molar-refractivity contribution in [1.82, 2.24) is 5.32 Å². The number of nitriles is 1. The molecule has 1 heterocycles. The second kappa shape index (κ2) is 7.02. The zero-order chi connectivity index (χ0) is 15.2. The van der Waals surface area contributed by atoms with E-state index in [0.717, 1.165) is 19.6 Å². The predicted molar refractivity (Wildman–Crippen MR) is 78.1 cm³/mol. The topological polar surface area (TPSA) is 100 Å². The number of nitrogens with zero attached hydrogens (tertiary/aromatic N) is 2. The fourth-order valence-electron chi connectivity index (χ4n) is 2.39. The summed E-state index contributed by atoms with van der Waals surface area (Å²) in [5.74, 6) is 0. The van der Waals surface area contributed by atoms with Crippen LogP contribution in [0.1, 0.15) is 18.9 Å². The average Bonchev–Trinajstić information content (AvgIpc) is 2.48. The first-order valence-corrected chi connectivity index (χ1v) is 6.86. The number of nitro groups is 1. The average molecular weight is 290 g/mol. The van der Waals surface area contributed by atoms with Gasteiger partial charge in [-0.2, -0.15) is 5.26 Å². The van der Waals surface area contributed by atoms with Crippen molar-refractivity contribution in [1.29, 1.82) is 5.26 Å². The summed E-state index contributed by atoms with van der Waals surface area (Å²) < 4.78 is 5.40. The fraction of sp³-hybridized carbons (Fsp3) is 0.500. The Balaban J connectivity index is 2.01. The Bertz CT molecular complexity index is 550. The molecule has 1 aliphatic rings. The van der Waals surface area contributed by atoms with Gasteiger partial charge in [-0.3, -0.25) is 10.1 Å². The maximum absolute atomic E-state index is 10.7. The third-order valence-corrected chi connectivity index (χ3v) is 3.37. The lowest BCUT2D eigenvalue weighted by atomic mass is 10.1. The molecule has 0 spiro atoms. The molecule has 0 aromatic heterocycles. The van der Waals surface area contributed by atoms with E-state index in [4.69, 9.17) is 10.00 Å². The summed E-state index contributed by atoms with van der Waals surface area (Å²) in [6.45, 7) is 4.27. The Labute approximate surface area is 123 Å². The molecule has 0 radical (unpaired) electrons. The molecule has 2 rings (SSSR count). The standard InChI is InChI=1S/C14H18N4O3/c1-10(6-12-9-21-5-4-16-12)17-14-3-2-13(18(19)20)7-11(14)8-15/h2-3,7,10,12,16-17H,4-6,9H2,1H3. The summed E-state index contributed by atoms with van der Waals surface area (Å²) in [5.41, 5.74) is 0.823. The Morgan fingerprint density at radius 3 is 3.10 bits per heavy atom. The molecule has 0 saturated carbocycles. The Morgan fingerprint density at radius 1 is 1.67 bits per heavy atom. The Kier molecular flexibility index (Phi) is 5.09. The van der Waals surface area contributed by atoms with E-state index in [2.05, 4.69) is 10.6 Å². The van der Waals surface area contributed by atoms with Crippen molar-refractivity contribution in [3.8, 4) is 6.07 Å². The molecule has 7 nitrogen and oxygen atoms in total. The zero-order valence-electron chi connectivity index (χ0n) is 11.8. The van der Waals surface area contributed by atoms with Gasteiger partial charge in [0.25, 0.3) is 5.69 Å². The van der Waals surface area contributed by atoms with Gasteiger partial charge in [-0.1, -0.05) is 0 Å². The van der Waals surface area contributed by atoms with Crippen LogP contribution in [0.15, 0.2) is 18.2 Å². The highest BCUT2D eigenvalue weighted by Gasteiger charge is 2.17. The van der Waals surface area contributed by atoms with Crippen LogP contribution in [0, 0.1) is 21.4 Å². The van der Waals surface area contributed by atoms with Crippen LogP contribution in [0.4, 0.5) is 11.4 Å². The van der Waals surface area contributed by atoms with Gasteiger partial charge < -0.3 is 15.4 Å². The first-order chi connectivity index (χ1) is 10.1. The maximum atomic E-state index is 10.7. The number of ether oxygens (including phenoxy) is 1. The molecule has 21 heavy (non-hydrogen) atoms. The third-order valence-electron chi connectivity index (χ3n) is 3.37. The number of benzene rings is 1. The quantitative estimate of drug-likeness (QED) is 0.631. The van der Waals surface area contributed by atoms with Gasteiger partial charge in [-0.05, 0) is 19.4 Å².